The van der Waals surface area contributed by atoms with Gasteiger partial charge >= 0.3 is 0 Å². The highest BCUT2D eigenvalue weighted by molar-refractivity contribution is 4.65. The van der Waals surface area contributed by atoms with Crippen LogP contribution in [0.1, 0.15) is 66.7 Å². The molecular weight excluding hydrogens is 200 g/mol. The molecule has 1 unspecified atom stereocenters. The Bertz CT molecular complexity index is 166. The minimum Gasteiger partial charge on any atom is -0.354 e. The van der Waals surface area contributed by atoms with Gasteiger partial charge in [0, 0.05) is 7.11 Å². The molecule has 16 heavy (non-hydrogen) atoms. The lowest BCUT2D eigenvalue weighted by Gasteiger charge is -2.30. The SMILES string of the molecule is CCCCCCC(C)[C@H](C)OC(C)(C)OC. The molecule has 0 aliphatic rings. The summed E-state index contributed by atoms with van der Waals surface area (Å²) in [5, 5.41) is 0. The molecule has 0 rings (SSSR count). The number of rotatable bonds is 9. The standard InChI is InChI=1S/C14H30O2/c1-7-8-9-10-11-12(2)13(3)16-14(4,5)15-6/h12-13H,7-11H2,1-6H3/t12?,13-/m0/s1. The summed E-state index contributed by atoms with van der Waals surface area (Å²) >= 11 is 0. The summed E-state index contributed by atoms with van der Waals surface area (Å²) in [5.41, 5.74) is 0. The number of hydrogen-bond donors (Lipinski definition) is 0. The Morgan fingerprint density at radius 3 is 2.19 bits per heavy atom. The van der Waals surface area contributed by atoms with Crippen molar-refractivity contribution in [3.63, 3.8) is 0 Å². The zero-order chi connectivity index (χ0) is 12.6. The maximum atomic E-state index is 5.88. The highest BCUT2D eigenvalue weighted by Gasteiger charge is 2.23. The molecule has 0 saturated carbocycles. The van der Waals surface area contributed by atoms with Crippen LogP contribution in [0.4, 0.5) is 0 Å². The van der Waals surface area contributed by atoms with E-state index in [0.717, 1.165) is 0 Å². The predicted octanol–water partition coefficient (Wildman–Crippen LogP) is 4.38. The van der Waals surface area contributed by atoms with E-state index >= 15 is 0 Å². The second kappa shape index (κ2) is 8.08. The van der Waals surface area contributed by atoms with Gasteiger partial charge < -0.3 is 9.47 Å². The van der Waals surface area contributed by atoms with Crippen molar-refractivity contribution in [2.45, 2.75) is 78.6 Å². The Kier molecular flexibility index (Phi) is 8.04. The first-order valence-electron chi connectivity index (χ1n) is 6.66. The number of unbranched alkanes of at least 4 members (excludes halogenated alkanes) is 3. The van der Waals surface area contributed by atoms with E-state index in [0.29, 0.717) is 5.92 Å². The Morgan fingerprint density at radius 2 is 1.69 bits per heavy atom. The average molecular weight is 230 g/mol. The Balaban J connectivity index is 3.76. The molecule has 98 valence electrons. The van der Waals surface area contributed by atoms with Crippen molar-refractivity contribution in [1.29, 1.82) is 0 Å². The van der Waals surface area contributed by atoms with E-state index in [1.807, 2.05) is 13.8 Å². The van der Waals surface area contributed by atoms with Crippen LogP contribution in [0.2, 0.25) is 0 Å². The second-order valence-corrected chi connectivity index (χ2v) is 5.25. The molecule has 0 N–H and O–H groups in total. The third kappa shape index (κ3) is 7.24. The molecule has 0 aromatic rings. The van der Waals surface area contributed by atoms with Crippen LogP contribution in [0.25, 0.3) is 0 Å². The van der Waals surface area contributed by atoms with Gasteiger partial charge in [0.1, 0.15) is 0 Å². The fraction of sp³-hybridized carbons (Fsp3) is 1.00. The van der Waals surface area contributed by atoms with E-state index in [-0.39, 0.29) is 6.10 Å². The normalized spacial score (nSPS) is 16.1. The molecule has 0 heterocycles. The van der Waals surface area contributed by atoms with Crippen LogP contribution in [0.3, 0.4) is 0 Å². The highest BCUT2D eigenvalue weighted by Crippen LogP contribution is 2.21. The molecule has 0 saturated heterocycles. The summed E-state index contributed by atoms with van der Waals surface area (Å²) in [5.74, 6) is 0.142. The quantitative estimate of drug-likeness (QED) is 0.432. The molecule has 2 atom stereocenters. The first kappa shape index (κ1) is 15.9. The highest BCUT2D eigenvalue weighted by atomic mass is 16.7. The van der Waals surface area contributed by atoms with Gasteiger partial charge in [0.15, 0.2) is 5.79 Å². The van der Waals surface area contributed by atoms with E-state index < -0.39 is 5.79 Å². The molecule has 0 radical (unpaired) electrons. The van der Waals surface area contributed by atoms with Gasteiger partial charge in [-0.2, -0.15) is 0 Å². The van der Waals surface area contributed by atoms with Crippen molar-refractivity contribution in [1.82, 2.24) is 0 Å². The molecule has 0 aliphatic heterocycles. The molecule has 0 bridgehead atoms. The molecule has 0 fully saturated rings. The van der Waals surface area contributed by atoms with Crippen molar-refractivity contribution >= 4 is 0 Å². The molecule has 0 aliphatic carbocycles. The van der Waals surface area contributed by atoms with Gasteiger partial charge in [-0.3, -0.25) is 0 Å². The molecular formula is C14H30O2. The summed E-state index contributed by atoms with van der Waals surface area (Å²) in [4.78, 5) is 0. The van der Waals surface area contributed by atoms with E-state index in [9.17, 15) is 0 Å². The first-order chi connectivity index (χ1) is 7.43. The van der Waals surface area contributed by atoms with Crippen LogP contribution in [-0.4, -0.2) is 19.0 Å². The van der Waals surface area contributed by atoms with Gasteiger partial charge in [0.25, 0.3) is 0 Å². The van der Waals surface area contributed by atoms with Crippen molar-refractivity contribution in [3.8, 4) is 0 Å². The van der Waals surface area contributed by atoms with Crippen LogP contribution in [0, 0.1) is 5.92 Å². The zero-order valence-electron chi connectivity index (χ0n) is 12.0. The van der Waals surface area contributed by atoms with Gasteiger partial charge in [-0.15, -0.1) is 0 Å². The lowest BCUT2D eigenvalue weighted by Crippen LogP contribution is -2.34. The Hall–Kier alpha value is -0.0800. The Morgan fingerprint density at radius 1 is 1.06 bits per heavy atom. The molecule has 0 aromatic carbocycles. The van der Waals surface area contributed by atoms with Crippen LogP contribution in [-0.2, 0) is 9.47 Å². The lowest BCUT2D eigenvalue weighted by molar-refractivity contribution is -0.228. The molecule has 2 nitrogen and oxygen atoms in total. The third-order valence-electron chi connectivity index (χ3n) is 3.28. The van der Waals surface area contributed by atoms with Crippen molar-refractivity contribution < 1.29 is 9.47 Å². The van der Waals surface area contributed by atoms with E-state index in [4.69, 9.17) is 9.47 Å². The average Bonchev–Trinajstić information content (AvgIpc) is 2.23. The summed E-state index contributed by atoms with van der Waals surface area (Å²) in [6, 6.07) is 0. The van der Waals surface area contributed by atoms with E-state index in [1.54, 1.807) is 7.11 Å². The number of hydrogen-bond acceptors (Lipinski definition) is 2. The smallest absolute Gasteiger partial charge is 0.162 e. The fourth-order valence-corrected chi connectivity index (χ4v) is 1.74. The van der Waals surface area contributed by atoms with Gasteiger partial charge in [-0.25, -0.2) is 0 Å². The lowest BCUT2D eigenvalue weighted by atomic mass is 9.98. The van der Waals surface area contributed by atoms with E-state index in [2.05, 4.69) is 20.8 Å². The first-order valence-corrected chi connectivity index (χ1v) is 6.66. The van der Waals surface area contributed by atoms with Crippen LogP contribution < -0.4 is 0 Å². The molecule has 0 spiro atoms. The second-order valence-electron chi connectivity index (χ2n) is 5.25. The van der Waals surface area contributed by atoms with Crippen LogP contribution in [0.15, 0.2) is 0 Å². The number of methoxy groups -OCH3 is 1. The molecule has 2 heteroatoms. The van der Waals surface area contributed by atoms with Crippen molar-refractivity contribution in [3.05, 3.63) is 0 Å². The van der Waals surface area contributed by atoms with Crippen LogP contribution >= 0.6 is 0 Å². The largest absolute Gasteiger partial charge is 0.354 e. The van der Waals surface area contributed by atoms with Crippen LogP contribution in [0.5, 0.6) is 0 Å². The summed E-state index contributed by atoms with van der Waals surface area (Å²) in [6.45, 7) is 10.6. The summed E-state index contributed by atoms with van der Waals surface area (Å²) < 4.78 is 11.2. The van der Waals surface area contributed by atoms with Gasteiger partial charge in [-0.05, 0) is 33.1 Å². The summed E-state index contributed by atoms with van der Waals surface area (Å²) in [7, 11) is 1.69. The van der Waals surface area contributed by atoms with Gasteiger partial charge in [0.2, 0.25) is 0 Å². The van der Waals surface area contributed by atoms with Gasteiger partial charge in [0.05, 0.1) is 6.10 Å². The molecule has 0 amide bonds. The maximum absolute atomic E-state index is 5.88. The summed E-state index contributed by atoms with van der Waals surface area (Å²) in [6.07, 6.45) is 6.83. The Labute approximate surface area is 102 Å². The van der Waals surface area contributed by atoms with Gasteiger partial charge in [-0.1, -0.05) is 39.5 Å². The minimum atomic E-state index is -0.461. The number of ether oxygens (including phenoxy) is 2. The monoisotopic (exact) mass is 230 g/mol. The molecule has 0 aromatic heterocycles. The van der Waals surface area contributed by atoms with Crippen molar-refractivity contribution in [2.24, 2.45) is 5.92 Å². The van der Waals surface area contributed by atoms with Crippen molar-refractivity contribution in [2.75, 3.05) is 7.11 Å². The third-order valence-corrected chi connectivity index (χ3v) is 3.28. The topological polar surface area (TPSA) is 18.5 Å². The van der Waals surface area contributed by atoms with E-state index in [1.165, 1.54) is 32.1 Å². The minimum absolute atomic E-state index is 0.261. The predicted molar refractivity (Wildman–Crippen MR) is 69.6 cm³/mol. The maximum Gasteiger partial charge on any atom is 0.162 e. The fourth-order valence-electron chi connectivity index (χ4n) is 1.74. The zero-order valence-corrected chi connectivity index (χ0v) is 12.0.